The maximum absolute atomic E-state index is 2.50. The van der Waals surface area contributed by atoms with Crippen molar-refractivity contribution in [3.8, 4) is 11.1 Å². The average molecular weight is 257 g/mol. The van der Waals surface area contributed by atoms with Crippen molar-refractivity contribution in [2.75, 3.05) is 18.0 Å². The predicted molar refractivity (Wildman–Crippen MR) is 80.4 cm³/mol. The molecule has 1 aliphatic heterocycles. The van der Waals surface area contributed by atoms with Crippen molar-refractivity contribution in [2.24, 2.45) is 0 Å². The highest BCUT2D eigenvalue weighted by Crippen LogP contribution is 2.24. The molecule has 19 heavy (non-hydrogen) atoms. The zero-order chi connectivity index (χ0) is 12.2. The number of nitrogens with zero attached hydrogens (tertiary/aromatic N) is 1. The van der Waals surface area contributed by atoms with Crippen LogP contribution in [0.3, 0.4) is 0 Å². The van der Waals surface area contributed by atoms with E-state index < -0.39 is 0 Å². The van der Waals surface area contributed by atoms with Crippen LogP contribution in [0, 0.1) is 0 Å². The molecule has 1 heterocycles. The van der Waals surface area contributed by atoms with Crippen molar-refractivity contribution >= 4 is 5.69 Å². The Kier molecular flexibility index (Phi) is 4.56. The summed E-state index contributed by atoms with van der Waals surface area (Å²) in [5.41, 5.74) is 3.97. The van der Waals surface area contributed by atoms with Gasteiger partial charge < -0.3 is 4.90 Å². The van der Waals surface area contributed by atoms with Crippen LogP contribution < -0.4 is 4.90 Å². The quantitative estimate of drug-likeness (QED) is 0.766. The zero-order valence-electron chi connectivity index (χ0n) is 11.1. The Bertz CT molecular complexity index is 486. The summed E-state index contributed by atoms with van der Waals surface area (Å²) in [6, 6.07) is 19.6. The van der Waals surface area contributed by atoms with Crippen LogP contribution in [0.5, 0.6) is 0 Å². The second kappa shape index (κ2) is 6.37. The maximum Gasteiger partial charge on any atom is 0.0366 e. The molecule has 0 amide bonds. The van der Waals surface area contributed by atoms with Crippen LogP contribution in [0.25, 0.3) is 11.1 Å². The summed E-state index contributed by atoms with van der Waals surface area (Å²) in [4.78, 5) is 2.50. The molecule has 0 unspecified atom stereocenters. The molecule has 0 aromatic heterocycles. The first kappa shape index (κ1) is 13.6. The van der Waals surface area contributed by atoms with Gasteiger partial charge in [-0.05, 0) is 42.5 Å². The largest absolute Gasteiger partial charge is 0.372 e. The maximum atomic E-state index is 2.50. The number of hydrogen-bond donors (Lipinski definition) is 0. The molecule has 2 aromatic carbocycles. The number of rotatable bonds is 2. The summed E-state index contributed by atoms with van der Waals surface area (Å²) >= 11 is 0. The third-order valence-corrected chi connectivity index (χ3v) is 3.70. The Morgan fingerprint density at radius 3 is 1.84 bits per heavy atom. The van der Waals surface area contributed by atoms with Crippen molar-refractivity contribution in [3.05, 3.63) is 54.6 Å². The van der Waals surface area contributed by atoms with Crippen LogP contribution in [0.1, 0.15) is 19.3 Å². The van der Waals surface area contributed by atoms with E-state index in [1.165, 1.54) is 49.2 Å². The lowest BCUT2D eigenvalue weighted by atomic mass is 10.0. The van der Waals surface area contributed by atoms with Gasteiger partial charge in [-0.25, -0.2) is 0 Å². The zero-order valence-corrected chi connectivity index (χ0v) is 11.1. The van der Waals surface area contributed by atoms with E-state index in [4.69, 9.17) is 0 Å². The molecule has 2 heteroatoms. The summed E-state index contributed by atoms with van der Waals surface area (Å²) in [6.45, 7) is 2.43. The third-order valence-electron chi connectivity index (χ3n) is 3.70. The highest BCUT2D eigenvalue weighted by Gasteiger charge is 2.10. The first-order valence-corrected chi connectivity index (χ1v) is 6.84. The van der Waals surface area contributed by atoms with Gasteiger partial charge in [-0.1, -0.05) is 42.5 Å². The molecule has 0 spiro atoms. The molecule has 2 aromatic rings. The van der Waals surface area contributed by atoms with Gasteiger partial charge in [0.1, 0.15) is 0 Å². The van der Waals surface area contributed by atoms with Crippen LogP contribution in [0.2, 0.25) is 0 Å². The second-order valence-electron chi connectivity index (χ2n) is 4.96. The van der Waals surface area contributed by atoms with Gasteiger partial charge in [0.2, 0.25) is 0 Å². The van der Waals surface area contributed by atoms with E-state index in [0.29, 0.717) is 0 Å². The first-order chi connectivity index (χ1) is 8.93. The van der Waals surface area contributed by atoms with Crippen molar-refractivity contribution in [1.29, 1.82) is 0 Å². The highest BCUT2D eigenvalue weighted by atomic mass is 19.0. The van der Waals surface area contributed by atoms with E-state index in [2.05, 4.69) is 59.5 Å². The van der Waals surface area contributed by atoms with Crippen LogP contribution in [-0.2, 0) is 0 Å². The summed E-state index contributed by atoms with van der Waals surface area (Å²) < 4.78 is 0. The fraction of sp³-hybridized carbons (Fsp3) is 0.294. The minimum Gasteiger partial charge on any atom is -0.372 e. The Morgan fingerprint density at radius 1 is 0.632 bits per heavy atom. The summed E-state index contributed by atoms with van der Waals surface area (Å²) in [5.74, 6) is 0. The minimum atomic E-state index is 0. The van der Waals surface area contributed by atoms with Gasteiger partial charge in [0.15, 0.2) is 0 Å². The van der Waals surface area contributed by atoms with Gasteiger partial charge in [-0.15, -0.1) is 0 Å². The van der Waals surface area contributed by atoms with Crippen LogP contribution >= 0.6 is 0 Å². The number of halogens is 1. The molecule has 1 nitrogen and oxygen atoms in total. The van der Waals surface area contributed by atoms with Gasteiger partial charge in [-0.2, -0.15) is 0 Å². The van der Waals surface area contributed by atoms with E-state index >= 15 is 0 Å². The smallest absolute Gasteiger partial charge is 0.0366 e. The molecule has 3 rings (SSSR count). The average Bonchev–Trinajstić information content (AvgIpc) is 2.49. The molecule has 1 fully saturated rings. The van der Waals surface area contributed by atoms with E-state index in [9.17, 15) is 0 Å². The molecule has 1 saturated heterocycles. The van der Waals surface area contributed by atoms with Gasteiger partial charge in [0.05, 0.1) is 0 Å². The molecule has 0 N–H and O–H groups in total. The van der Waals surface area contributed by atoms with E-state index in [1.807, 2.05) is 0 Å². The fourth-order valence-electron chi connectivity index (χ4n) is 2.65. The van der Waals surface area contributed by atoms with E-state index in [-0.39, 0.29) is 4.70 Å². The Balaban J connectivity index is 0.00000133. The molecule has 100 valence electrons. The number of hydrogen-bond acceptors (Lipinski definition) is 1. The third kappa shape index (κ3) is 3.14. The molecule has 0 atom stereocenters. The molecular formula is C17H20FN. The first-order valence-electron chi connectivity index (χ1n) is 6.84. The lowest BCUT2D eigenvalue weighted by Gasteiger charge is -2.28. The van der Waals surface area contributed by atoms with Crippen molar-refractivity contribution in [2.45, 2.75) is 19.3 Å². The van der Waals surface area contributed by atoms with Gasteiger partial charge >= 0.3 is 0 Å². The highest BCUT2D eigenvalue weighted by molar-refractivity contribution is 5.66. The van der Waals surface area contributed by atoms with Gasteiger partial charge in [0, 0.05) is 18.8 Å². The SMILES string of the molecule is F.c1ccc(-c2ccc(N3CCCCC3)cc2)cc1. The number of piperidine rings is 1. The molecule has 0 radical (unpaired) electrons. The summed E-state index contributed by atoms with van der Waals surface area (Å²) in [7, 11) is 0. The minimum absolute atomic E-state index is 0. The Morgan fingerprint density at radius 2 is 1.21 bits per heavy atom. The van der Waals surface area contributed by atoms with E-state index in [0.717, 1.165) is 0 Å². The monoisotopic (exact) mass is 257 g/mol. The van der Waals surface area contributed by atoms with Crippen molar-refractivity contribution in [1.82, 2.24) is 0 Å². The topological polar surface area (TPSA) is 3.24 Å². The lowest BCUT2D eigenvalue weighted by Crippen LogP contribution is -2.29. The summed E-state index contributed by atoms with van der Waals surface area (Å²) in [6.07, 6.45) is 4.06. The molecular weight excluding hydrogens is 237 g/mol. The molecule has 0 aliphatic carbocycles. The normalized spacial score (nSPS) is 14.8. The van der Waals surface area contributed by atoms with Crippen LogP contribution in [-0.4, -0.2) is 13.1 Å². The fourth-order valence-corrected chi connectivity index (χ4v) is 2.65. The van der Waals surface area contributed by atoms with Crippen molar-refractivity contribution < 1.29 is 4.70 Å². The van der Waals surface area contributed by atoms with Gasteiger partial charge in [-0.3, -0.25) is 4.70 Å². The number of benzene rings is 2. The molecule has 0 saturated carbocycles. The van der Waals surface area contributed by atoms with Crippen LogP contribution in [0.4, 0.5) is 10.4 Å². The number of anilines is 1. The van der Waals surface area contributed by atoms with Crippen LogP contribution in [0.15, 0.2) is 54.6 Å². The lowest BCUT2D eigenvalue weighted by molar-refractivity contribution is 0.578. The summed E-state index contributed by atoms with van der Waals surface area (Å²) in [5, 5.41) is 0. The Hall–Kier alpha value is -1.83. The molecule has 0 bridgehead atoms. The van der Waals surface area contributed by atoms with Gasteiger partial charge in [0.25, 0.3) is 0 Å². The Labute approximate surface area is 114 Å². The second-order valence-corrected chi connectivity index (χ2v) is 4.96. The molecule has 1 aliphatic rings. The van der Waals surface area contributed by atoms with Crippen molar-refractivity contribution in [3.63, 3.8) is 0 Å². The predicted octanol–water partition coefficient (Wildman–Crippen LogP) is 4.50. The van der Waals surface area contributed by atoms with E-state index in [1.54, 1.807) is 0 Å². The standard InChI is InChI=1S/C17H19N.FH/c1-3-7-15(8-4-1)16-9-11-17(12-10-16)18-13-5-2-6-14-18;/h1,3-4,7-12H,2,5-6,13-14H2;1H.